The topological polar surface area (TPSA) is 79.0 Å². The van der Waals surface area contributed by atoms with E-state index in [4.69, 9.17) is 16.3 Å². The van der Waals surface area contributed by atoms with Gasteiger partial charge in [0.25, 0.3) is 0 Å². The fraction of sp³-hybridized carbons (Fsp3) is 0.348. The lowest BCUT2D eigenvalue weighted by molar-refractivity contribution is -0.139. The number of halogens is 1. The Morgan fingerprint density at radius 3 is 2.53 bits per heavy atom. The van der Waals surface area contributed by atoms with Gasteiger partial charge in [-0.2, -0.15) is 0 Å². The summed E-state index contributed by atoms with van der Waals surface area (Å²) in [7, 11) is 1.60. The van der Waals surface area contributed by atoms with Crippen molar-refractivity contribution in [3.05, 3.63) is 53.1 Å². The quantitative estimate of drug-likeness (QED) is 0.722. The molecule has 1 atom stereocenters. The molecule has 0 aliphatic carbocycles. The molecule has 2 heterocycles. The fourth-order valence-electron chi connectivity index (χ4n) is 3.82. The van der Waals surface area contributed by atoms with Crippen molar-refractivity contribution in [1.29, 1.82) is 0 Å². The van der Waals surface area contributed by atoms with Gasteiger partial charge >= 0.3 is 0 Å². The van der Waals surface area contributed by atoms with Crippen LogP contribution in [0.1, 0.15) is 12.0 Å². The zero-order valence-corrected chi connectivity index (χ0v) is 19.2. The number of hydrogen-bond donors (Lipinski definition) is 1. The van der Waals surface area contributed by atoms with Crippen molar-refractivity contribution < 1.29 is 19.1 Å². The minimum Gasteiger partial charge on any atom is -0.497 e. The molecule has 0 radical (unpaired) electrons. The van der Waals surface area contributed by atoms with Gasteiger partial charge in [-0.25, -0.2) is 0 Å². The van der Waals surface area contributed by atoms with Gasteiger partial charge in [-0.1, -0.05) is 23.7 Å². The molecule has 1 unspecified atom stereocenters. The van der Waals surface area contributed by atoms with Gasteiger partial charge in [0.05, 0.1) is 24.5 Å². The number of rotatable bonds is 5. The molecule has 1 saturated heterocycles. The van der Waals surface area contributed by atoms with E-state index in [1.54, 1.807) is 29.0 Å². The molecule has 168 valence electrons. The first-order valence-corrected chi connectivity index (χ1v) is 11.6. The van der Waals surface area contributed by atoms with Crippen LogP contribution in [0.15, 0.2) is 47.4 Å². The van der Waals surface area contributed by atoms with Gasteiger partial charge in [0.1, 0.15) is 5.75 Å². The van der Waals surface area contributed by atoms with E-state index in [1.165, 1.54) is 11.8 Å². The van der Waals surface area contributed by atoms with Gasteiger partial charge in [-0.05, 0) is 35.9 Å². The molecule has 7 nitrogen and oxygen atoms in total. The third-order valence-electron chi connectivity index (χ3n) is 5.60. The highest BCUT2D eigenvalue weighted by Crippen LogP contribution is 2.38. The Hall–Kier alpha value is -2.71. The summed E-state index contributed by atoms with van der Waals surface area (Å²) in [5, 5.41) is 2.91. The normalized spacial score (nSPS) is 18.1. The Kier molecular flexibility index (Phi) is 6.91. The number of nitrogens with zero attached hydrogens (tertiary/aromatic N) is 2. The van der Waals surface area contributed by atoms with Crippen LogP contribution in [0.2, 0.25) is 5.02 Å². The van der Waals surface area contributed by atoms with E-state index >= 15 is 0 Å². The van der Waals surface area contributed by atoms with Crippen LogP contribution in [-0.4, -0.2) is 66.1 Å². The van der Waals surface area contributed by atoms with Crippen molar-refractivity contribution in [2.24, 2.45) is 0 Å². The first kappa shape index (κ1) is 22.5. The average Bonchev–Trinajstić information content (AvgIpc) is 2.80. The first-order valence-electron chi connectivity index (χ1n) is 10.4. The van der Waals surface area contributed by atoms with E-state index in [1.807, 2.05) is 30.3 Å². The molecule has 0 saturated carbocycles. The van der Waals surface area contributed by atoms with Crippen LogP contribution in [0, 0.1) is 0 Å². The van der Waals surface area contributed by atoms with Crippen LogP contribution in [-0.2, 0) is 20.8 Å². The van der Waals surface area contributed by atoms with Gasteiger partial charge in [-0.3, -0.25) is 14.4 Å². The van der Waals surface area contributed by atoms with E-state index in [2.05, 4.69) is 5.32 Å². The van der Waals surface area contributed by atoms with E-state index < -0.39 is 5.25 Å². The maximum Gasteiger partial charge on any atom is 0.238 e. The smallest absolute Gasteiger partial charge is 0.238 e. The molecule has 1 N–H and O–H groups in total. The Morgan fingerprint density at radius 2 is 1.81 bits per heavy atom. The maximum absolute atomic E-state index is 12.8. The molecule has 2 aromatic carbocycles. The van der Waals surface area contributed by atoms with Crippen LogP contribution in [0.5, 0.6) is 5.75 Å². The summed E-state index contributed by atoms with van der Waals surface area (Å²) in [5.74, 6) is 0.490. The molecule has 0 spiro atoms. The third-order valence-corrected chi connectivity index (χ3v) is 7.11. The second kappa shape index (κ2) is 9.83. The summed E-state index contributed by atoms with van der Waals surface area (Å²) in [6.45, 7) is 1.90. The van der Waals surface area contributed by atoms with Crippen molar-refractivity contribution in [3.63, 3.8) is 0 Å². The number of amides is 3. The van der Waals surface area contributed by atoms with E-state index in [0.717, 1.165) is 16.2 Å². The van der Waals surface area contributed by atoms with Crippen molar-refractivity contribution >= 4 is 46.8 Å². The molecular weight excluding hydrogens is 450 g/mol. The predicted octanol–water partition coefficient (Wildman–Crippen LogP) is 3.07. The Bertz CT molecular complexity index is 1040. The molecule has 4 rings (SSSR count). The van der Waals surface area contributed by atoms with E-state index in [9.17, 15) is 14.4 Å². The monoisotopic (exact) mass is 473 g/mol. The number of fused-ring (bicyclic) bond motifs is 1. The number of nitrogens with one attached hydrogen (secondary N) is 1. The summed E-state index contributed by atoms with van der Waals surface area (Å²) in [4.78, 5) is 42.3. The Balaban J connectivity index is 1.28. The number of piperazine rings is 1. The highest BCUT2D eigenvalue weighted by Gasteiger charge is 2.32. The van der Waals surface area contributed by atoms with Crippen LogP contribution in [0.25, 0.3) is 0 Å². The summed E-state index contributed by atoms with van der Waals surface area (Å²) in [5.41, 5.74) is 1.58. The highest BCUT2D eigenvalue weighted by atomic mass is 35.5. The summed E-state index contributed by atoms with van der Waals surface area (Å²) < 4.78 is 5.21. The van der Waals surface area contributed by atoms with Crippen molar-refractivity contribution in [3.8, 4) is 5.75 Å². The molecular formula is C23H24ClN3O4S. The van der Waals surface area contributed by atoms with Crippen LogP contribution in [0.4, 0.5) is 5.69 Å². The third kappa shape index (κ3) is 5.19. The second-order valence-electron chi connectivity index (χ2n) is 7.73. The SMILES string of the molecule is COc1cccc(CC(=O)N2CCN(C(=O)CC3Sc4ccc(Cl)cc4NC3=O)CC2)c1. The number of carbonyl (C=O) groups excluding carboxylic acids is 3. The number of ether oxygens (including phenoxy) is 1. The summed E-state index contributed by atoms with van der Waals surface area (Å²) in [6.07, 6.45) is 0.420. The summed E-state index contributed by atoms with van der Waals surface area (Å²) in [6, 6.07) is 12.8. The van der Waals surface area contributed by atoms with Crippen molar-refractivity contribution in [2.75, 3.05) is 38.6 Å². The molecule has 2 aliphatic rings. The van der Waals surface area contributed by atoms with E-state index in [0.29, 0.717) is 43.3 Å². The van der Waals surface area contributed by atoms with Crippen LogP contribution >= 0.6 is 23.4 Å². The lowest BCUT2D eigenvalue weighted by Gasteiger charge is -2.35. The number of anilines is 1. The zero-order chi connectivity index (χ0) is 22.7. The Labute approximate surface area is 196 Å². The zero-order valence-electron chi connectivity index (χ0n) is 17.7. The largest absolute Gasteiger partial charge is 0.497 e. The van der Waals surface area contributed by atoms with Crippen LogP contribution in [0.3, 0.4) is 0 Å². The number of carbonyl (C=O) groups is 3. The fourth-order valence-corrected chi connectivity index (χ4v) is 5.07. The molecule has 2 aliphatic heterocycles. The van der Waals surface area contributed by atoms with Gasteiger partial charge in [-0.15, -0.1) is 11.8 Å². The minimum atomic E-state index is -0.483. The Morgan fingerprint density at radius 1 is 1.09 bits per heavy atom. The lowest BCUT2D eigenvalue weighted by atomic mass is 10.1. The maximum atomic E-state index is 12.8. The van der Waals surface area contributed by atoms with Crippen molar-refractivity contribution in [2.45, 2.75) is 23.0 Å². The number of methoxy groups -OCH3 is 1. The van der Waals surface area contributed by atoms with Gasteiger partial charge < -0.3 is 19.9 Å². The van der Waals surface area contributed by atoms with Crippen LogP contribution < -0.4 is 10.1 Å². The van der Waals surface area contributed by atoms with Crippen molar-refractivity contribution in [1.82, 2.24) is 9.80 Å². The standard InChI is InChI=1S/C23H24ClN3O4S/c1-31-17-4-2-3-15(11-17)12-21(28)26-7-9-27(10-8-26)22(29)14-20-23(30)25-18-13-16(24)5-6-19(18)32-20/h2-6,11,13,20H,7-10,12,14H2,1H3,(H,25,30). The summed E-state index contributed by atoms with van der Waals surface area (Å²) >= 11 is 7.37. The number of thioether (sulfide) groups is 1. The average molecular weight is 474 g/mol. The van der Waals surface area contributed by atoms with Gasteiger partial charge in [0, 0.05) is 42.5 Å². The molecule has 0 aromatic heterocycles. The number of benzene rings is 2. The highest BCUT2D eigenvalue weighted by molar-refractivity contribution is 8.01. The van der Waals surface area contributed by atoms with E-state index in [-0.39, 0.29) is 24.1 Å². The number of hydrogen-bond acceptors (Lipinski definition) is 5. The first-order chi connectivity index (χ1) is 15.4. The van der Waals surface area contributed by atoms with Gasteiger partial charge in [0.15, 0.2) is 0 Å². The molecule has 32 heavy (non-hydrogen) atoms. The molecule has 3 amide bonds. The van der Waals surface area contributed by atoms with Gasteiger partial charge in [0.2, 0.25) is 17.7 Å². The molecule has 0 bridgehead atoms. The lowest BCUT2D eigenvalue weighted by Crippen LogP contribution is -2.51. The minimum absolute atomic E-state index is 0.0304. The molecule has 9 heteroatoms. The predicted molar refractivity (Wildman–Crippen MR) is 124 cm³/mol. The second-order valence-corrected chi connectivity index (χ2v) is 9.41. The molecule has 1 fully saturated rings. The molecule has 2 aromatic rings.